The molecule has 0 saturated carbocycles. The van der Waals surface area contributed by atoms with Crippen LogP contribution in [0, 0.1) is 5.82 Å². The van der Waals surface area contributed by atoms with Gasteiger partial charge in [0.25, 0.3) is 0 Å². The van der Waals surface area contributed by atoms with Gasteiger partial charge >= 0.3 is 0 Å². The van der Waals surface area contributed by atoms with Crippen molar-refractivity contribution in [2.75, 3.05) is 18.9 Å². The van der Waals surface area contributed by atoms with Crippen LogP contribution >= 0.6 is 24.0 Å². The molecule has 8 heteroatoms. The summed E-state index contributed by atoms with van der Waals surface area (Å²) in [7, 11) is 1.58. The number of anilines is 1. The Labute approximate surface area is 157 Å². The Balaban J connectivity index is 0.00000288. The van der Waals surface area contributed by atoms with Crippen molar-refractivity contribution in [1.29, 1.82) is 0 Å². The van der Waals surface area contributed by atoms with Crippen molar-refractivity contribution in [3.05, 3.63) is 60.2 Å². The van der Waals surface area contributed by atoms with Gasteiger partial charge in [0.15, 0.2) is 5.96 Å². The van der Waals surface area contributed by atoms with Crippen molar-refractivity contribution in [2.45, 2.75) is 6.54 Å². The van der Waals surface area contributed by atoms with Gasteiger partial charge in [0.2, 0.25) is 5.91 Å². The molecule has 1 aromatic heterocycles. The fraction of sp³-hybridized carbons (Fsp3) is 0.188. The summed E-state index contributed by atoms with van der Waals surface area (Å²) in [4.78, 5) is 19.7. The summed E-state index contributed by atoms with van der Waals surface area (Å²) in [5.41, 5.74) is 1.14. The Morgan fingerprint density at radius 1 is 1.21 bits per heavy atom. The highest BCUT2D eigenvalue weighted by Gasteiger charge is 2.05. The molecule has 6 nitrogen and oxygen atoms in total. The summed E-state index contributed by atoms with van der Waals surface area (Å²) in [5.74, 6) is -0.105. The summed E-state index contributed by atoms with van der Waals surface area (Å²) < 4.78 is 13.5. The quantitative estimate of drug-likeness (QED) is 0.376. The van der Waals surface area contributed by atoms with Crippen LogP contribution in [0.2, 0.25) is 0 Å². The van der Waals surface area contributed by atoms with Gasteiger partial charge in [-0.2, -0.15) is 0 Å². The van der Waals surface area contributed by atoms with Gasteiger partial charge in [-0.1, -0.05) is 18.2 Å². The first-order chi connectivity index (χ1) is 11.2. The summed E-state index contributed by atoms with van der Waals surface area (Å²) in [6.45, 7) is 0.308. The highest BCUT2D eigenvalue weighted by atomic mass is 127. The number of nitrogens with one attached hydrogen (secondary N) is 3. The molecule has 2 aromatic rings. The lowest BCUT2D eigenvalue weighted by Gasteiger charge is -2.12. The molecule has 1 amide bonds. The lowest BCUT2D eigenvalue weighted by atomic mass is 10.2. The van der Waals surface area contributed by atoms with E-state index in [0.29, 0.717) is 17.2 Å². The van der Waals surface area contributed by atoms with E-state index in [4.69, 9.17) is 0 Å². The average Bonchev–Trinajstić information content (AvgIpc) is 2.57. The van der Waals surface area contributed by atoms with Crippen LogP contribution in [0.3, 0.4) is 0 Å². The number of rotatable bonds is 5. The molecular formula is C16H19FIN5O. The molecule has 1 aromatic carbocycles. The largest absolute Gasteiger partial charge is 0.352 e. The highest BCUT2D eigenvalue weighted by molar-refractivity contribution is 14.0. The van der Waals surface area contributed by atoms with E-state index in [2.05, 4.69) is 25.9 Å². The zero-order chi connectivity index (χ0) is 16.5. The van der Waals surface area contributed by atoms with Crippen molar-refractivity contribution in [3.63, 3.8) is 0 Å². The van der Waals surface area contributed by atoms with E-state index in [1.54, 1.807) is 49.8 Å². The number of hydrogen-bond donors (Lipinski definition) is 3. The maximum absolute atomic E-state index is 13.5. The lowest BCUT2D eigenvalue weighted by Crippen LogP contribution is -2.41. The standard InChI is InChI=1S/C16H18FN5O.HI/c1-18-16(20-9-12-5-2-3-7-14(12)17)21-11-15(23)22-13-6-4-8-19-10-13;/h2-8,10H,9,11H2,1H3,(H,22,23)(H2,18,20,21);1H. The van der Waals surface area contributed by atoms with E-state index in [9.17, 15) is 9.18 Å². The van der Waals surface area contributed by atoms with Crippen molar-refractivity contribution >= 4 is 41.5 Å². The molecule has 0 aliphatic carbocycles. The molecule has 128 valence electrons. The van der Waals surface area contributed by atoms with Gasteiger partial charge in [0.1, 0.15) is 5.82 Å². The SMILES string of the molecule is CN=C(NCC(=O)Nc1cccnc1)NCc1ccccc1F.I. The Morgan fingerprint density at radius 2 is 2.00 bits per heavy atom. The number of carbonyl (C=O) groups excluding carboxylic acids is 1. The molecule has 0 aliphatic rings. The summed E-state index contributed by atoms with van der Waals surface area (Å²) in [5, 5.41) is 8.51. The minimum absolute atomic E-state index is 0. The predicted molar refractivity (Wildman–Crippen MR) is 103 cm³/mol. The fourth-order valence-electron chi connectivity index (χ4n) is 1.85. The molecule has 0 saturated heterocycles. The first-order valence-electron chi connectivity index (χ1n) is 7.07. The van der Waals surface area contributed by atoms with Crippen LogP contribution < -0.4 is 16.0 Å². The number of carbonyl (C=O) groups is 1. The summed E-state index contributed by atoms with van der Waals surface area (Å²) in [6.07, 6.45) is 3.19. The first kappa shape index (κ1) is 19.8. The van der Waals surface area contributed by atoms with E-state index >= 15 is 0 Å². The zero-order valence-electron chi connectivity index (χ0n) is 13.1. The molecule has 3 N–H and O–H groups in total. The monoisotopic (exact) mass is 443 g/mol. The minimum Gasteiger partial charge on any atom is -0.352 e. The van der Waals surface area contributed by atoms with Gasteiger partial charge in [0.05, 0.1) is 18.4 Å². The van der Waals surface area contributed by atoms with E-state index in [-0.39, 0.29) is 48.8 Å². The third kappa shape index (κ3) is 6.49. The number of hydrogen-bond acceptors (Lipinski definition) is 3. The fourth-order valence-corrected chi connectivity index (χ4v) is 1.85. The molecule has 2 rings (SSSR count). The Bertz CT molecular complexity index is 681. The molecule has 0 unspecified atom stereocenters. The average molecular weight is 443 g/mol. The Kier molecular flexibility index (Phi) is 8.69. The lowest BCUT2D eigenvalue weighted by molar-refractivity contribution is -0.115. The van der Waals surface area contributed by atoms with Crippen LogP contribution in [0.5, 0.6) is 0 Å². The van der Waals surface area contributed by atoms with Crippen molar-refractivity contribution < 1.29 is 9.18 Å². The minimum atomic E-state index is -0.287. The topological polar surface area (TPSA) is 78.4 Å². The van der Waals surface area contributed by atoms with Gasteiger partial charge in [-0.15, -0.1) is 24.0 Å². The number of nitrogens with zero attached hydrogens (tertiary/aromatic N) is 2. The second-order valence-electron chi connectivity index (χ2n) is 4.66. The van der Waals surface area contributed by atoms with Gasteiger partial charge in [-0.3, -0.25) is 14.8 Å². The van der Waals surface area contributed by atoms with Crippen LogP contribution in [-0.2, 0) is 11.3 Å². The molecule has 0 radical (unpaired) electrons. The number of aliphatic imine (C=N–C) groups is 1. The number of halogens is 2. The maximum Gasteiger partial charge on any atom is 0.243 e. The van der Waals surface area contributed by atoms with Gasteiger partial charge in [-0.25, -0.2) is 4.39 Å². The molecule has 24 heavy (non-hydrogen) atoms. The number of pyridine rings is 1. The molecule has 0 bridgehead atoms. The second kappa shape index (κ2) is 10.5. The molecule has 0 fully saturated rings. The van der Waals surface area contributed by atoms with Crippen molar-refractivity contribution in [1.82, 2.24) is 15.6 Å². The van der Waals surface area contributed by atoms with Crippen LogP contribution in [0.25, 0.3) is 0 Å². The predicted octanol–water partition coefficient (Wildman–Crippen LogP) is 2.14. The van der Waals surface area contributed by atoms with Gasteiger partial charge in [0, 0.05) is 25.4 Å². The first-order valence-corrected chi connectivity index (χ1v) is 7.07. The third-order valence-electron chi connectivity index (χ3n) is 2.99. The molecule has 0 atom stereocenters. The second-order valence-corrected chi connectivity index (χ2v) is 4.66. The third-order valence-corrected chi connectivity index (χ3v) is 2.99. The molecular weight excluding hydrogens is 424 g/mol. The van der Waals surface area contributed by atoms with Crippen LogP contribution in [0.1, 0.15) is 5.56 Å². The Hall–Kier alpha value is -2.23. The maximum atomic E-state index is 13.5. The Morgan fingerprint density at radius 3 is 2.67 bits per heavy atom. The number of benzene rings is 1. The van der Waals surface area contributed by atoms with Crippen molar-refractivity contribution in [3.8, 4) is 0 Å². The van der Waals surface area contributed by atoms with Crippen molar-refractivity contribution in [2.24, 2.45) is 4.99 Å². The van der Waals surface area contributed by atoms with Gasteiger partial charge < -0.3 is 16.0 Å². The molecule has 0 aliphatic heterocycles. The number of guanidine groups is 1. The summed E-state index contributed by atoms with van der Waals surface area (Å²) in [6, 6.07) is 9.96. The number of amides is 1. The molecule has 1 heterocycles. The van der Waals surface area contributed by atoms with E-state index in [1.165, 1.54) is 6.07 Å². The van der Waals surface area contributed by atoms with E-state index in [0.717, 1.165) is 0 Å². The number of aromatic nitrogens is 1. The smallest absolute Gasteiger partial charge is 0.243 e. The van der Waals surface area contributed by atoms with Crippen LogP contribution in [0.15, 0.2) is 53.8 Å². The van der Waals surface area contributed by atoms with Crippen LogP contribution in [-0.4, -0.2) is 30.4 Å². The van der Waals surface area contributed by atoms with E-state index < -0.39 is 0 Å². The normalized spacial score (nSPS) is 10.5. The zero-order valence-corrected chi connectivity index (χ0v) is 15.5. The summed E-state index contributed by atoms with van der Waals surface area (Å²) >= 11 is 0. The van der Waals surface area contributed by atoms with Gasteiger partial charge in [-0.05, 0) is 18.2 Å². The van der Waals surface area contributed by atoms with E-state index in [1.807, 2.05) is 0 Å². The molecule has 0 spiro atoms. The van der Waals surface area contributed by atoms with Crippen LogP contribution in [0.4, 0.5) is 10.1 Å². The highest BCUT2D eigenvalue weighted by Crippen LogP contribution is 2.05.